The molecule has 0 unspecified atom stereocenters. The second kappa shape index (κ2) is 5.51. The van der Waals surface area contributed by atoms with Gasteiger partial charge in [0.2, 0.25) is 0 Å². The summed E-state index contributed by atoms with van der Waals surface area (Å²) in [6, 6.07) is 4.01. The summed E-state index contributed by atoms with van der Waals surface area (Å²) in [6.45, 7) is 0. The third kappa shape index (κ3) is 2.70. The first kappa shape index (κ1) is 13.5. The number of thiocarbonyl (C=S) groups is 1. The highest BCUT2D eigenvalue weighted by atomic mass is 32.2. The molecular formula is C13H10N2O2S3. The van der Waals surface area contributed by atoms with E-state index in [1.54, 1.807) is 30.8 Å². The van der Waals surface area contributed by atoms with E-state index in [9.17, 15) is 4.79 Å². The third-order valence-electron chi connectivity index (χ3n) is 2.75. The summed E-state index contributed by atoms with van der Waals surface area (Å²) in [5, 5.41) is 0. The minimum atomic E-state index is -0.0392. The molecule has 102 valence electrons. The molecule has 1 fully saturated rings. The number of hydrogen-bond acceptors (Lipinski definition) is 6. The summed E-state index contributed by atoms with van der Waals surface area (Å²) < 4.78 is 5.82. The van der Waals surface area contributed by atoms with Gasteiger partial charge in [-0.25, -0.2) is 4.98 Å². The zero-order valence-corrected chi connectivity index (χ0v) is 13.0. The van der Waals surface area contributed by atoms with Crippen LogP contribution in [0.25, 0.3) is 6.08 Å². The van der Waals surface area contributed by atoms with Crippen LogP contribution in [0, 0.1) is 0 Å². The lowest BCUT2D eigenvalue weighted by Gasteiger charge is -2.03. The van der Waals surface area contributed by atoms with E-state index < -0.39 is 0 Å². The molecular weight excluding hydrogens is 312 g/mol. The van der Waals surface area contributed by atoms with Gasteiger partial charge in [-0.05, 0) is 18.2 Å². The quantitative estimate of drug-likeness (QED) is 0.642. The fraction of sp³-hybridized carbons (Fsp3) is 0.154. The summed E-state index contributed by atoms with van der Waals surface area (Å²) in [4.78, 5) is 20.3. The molecule has 1 saturated heterocycles. The van der Waals surface area contributed by atoms with Gasteiger partial charge < -0.3 is 4.42 Å². The lowest BCUT2D eigenvalue weighted by atomic mass is 10.3. The van der Waals surface area contributed by atoms with E-state index in [1.165, 1.54) is 16.7 Å². The molecule has 0 bridgehead atoms. The van der Waals surface area contributed by atoms with Gasteiger partial charge in [0.05, 0.1) is 17.5 Å². The molecule has 1 aliphatic rings. The van der Waals surface area contributed by atoms with Crippen LogP contribution in [0.4, 0.5) is 0 Å². The van der Waals surface area contributed by atoms with Crippen LogP contribution in [0.15, 0.2) is 33.9 Å². The van der Waals surface area contributed by atoms with Crippen molar-refractivity contribution in [2.24, 2.45) is 0 Å². The molecule has 0 aliphatic carbocycles. The van der Waals surface area contributed by atoms with E-state index in [4.69, 9.17) is 16.6 Å². The van der Waals surface area contributed by atoms with E-state index in [-0.39, 0.29) is 5.91 Å². The van der Waals surface area contributed by atoms with Gasteiger partial charge >= 0.3 is 0 Å². The number of amides is 1. The number of carbonyl (C=O) groups is 1. The van der Waals surface area contributed by atoms with Gasteiger partial charge in [0.25, 0.3) is 5.91 Å². The van der Waals surface area contributed by atoms with E-state index >= 15 is 0 Å². The average molecular weight is 322 g/mol. The first-order valence-corrected chi connectivity index (χ1v) is 7.86. The molecule has 0 saturated carbocycles. The Morgan fingerprint density at radius 1 is 1.50 bits per heavy atom. The minimum absolute atomic E-state index is 0.0392. The minimum Gasteiger partial charge on any atom is -0.449 e. The second-order valence-electron chi connectivity index (χ2n) is 4.15. The number of nitrogens with zero attached hydrogens (tertiary/aromatic N) is 2. The lowest BCUT2D eigenvalue weighted by Crippen LogP contribution is -2.22. The van der Waals surface area contributed by atoms with E-state index in [2.05, 4.69) is 4.98 Å². The van der Waals surface area contributed by atoms with Gasteiger partial charge in [0, 0.05) is 16.8 Å². The van der Waals surface area contributed by atoms with Crippen LogP contribution in [0.2, 0.25) is 0 Å². The van der Waals surface area contributed by atoms with Crippen LogP contribution in [0.1, 0.15) is 15.6 Å². The first-order chi connectivity index (χ1) is 9.63. The topological polar surface area (TPSA) is 46.3 Å². The Morgan fingerprint density at radius 3 is 3.00 bits per heavy atom. The molecule has 1 amide bonds. The Kier molecular flexibility index (Phi) is 3.73. The molecule has 3 heterocycles. The van der Waals surface area contributed by atoms with Gasteiger partial charge in [0.15, 0.2) is 5.89 Å². The maximum Gasteiger partial charge on any atom is 0.265 e. The van der Waals surface area contributed by atoms with Crippen LogP contribution in [-0.2, 0) is 11.2 Å². The van der Waals surface area contributed by atoms with Crippen LogP contribution < -0.4 is 0 Å². The maximum absolute atomic E-state index is 11.9. The smallest absolute Gasteiger partial charge is 0.265 e. The fourth-order valence-corrected chi connectivity index (χ4v) is 3.92. The third-order valence-corrected chi connectivity index (χ3v) is 5.27. The standard InChI is InChI=1S/C13H10N2O2S3/c1-15-12(16)10(20-13(15)18)6-8-2-3-9(19-8)7-11-14-4-5-17-11/h2-6H,7H2,1H3/b10-6-. The van der Waals surface area contributed by atoms with Crippen molar-refractivity contribution in [3.8, 4) is 0 Å². The highest BCUT2D eigenvalue weighted by molar-refractivity contribution is 8.26. The van der Waals surface area contributed by atoms with Gasteiger partial charge in [-0.3, -0.25) is 9.69 Å². The molecule has 0 atom stereocenters. The van der Waals surface area contributed by atoms with Crippen molar-refractivity contribution in [2.75, 3.05) is 7.05 Å². The van der Waals surface area contributed by atoms with E-state index in [0.29, 0.717) is 21.5 Å². The number of likely N-dealkylation sites (N-methyl/N-ethyl adjacent to an activating group) is 1. The van der Waals surface area contributed by atoms with Crippen molar-refractivity contribution >= 4 is 51.6 Å². The Balaban J connectivity index is 1.77. The number of aromatic nitrogens is 1. The summed E-state index contributed by atoms with van der Waals surface area (Å²) in [6.07, 6.45) is 5.75. The Bertz CT molecular complexity index is 688. The Morgan fingerprint density at radius 2 is 2.35 bits per heavy atom. The molecule has 1 aliphatic heterocycles. The molecule has 3 rings (SSSR count). The molecule has 0 spiro atoms. The van der Waals surface area contributed by atoms with Crippen molar-refractivity contribution in [1.82, 2.24) is 9.88 Å². The largest absolute Gasteiger partial charge is 0.449 e. The zero-order chi connectivity index (χ0) is 14.1. The average Bonchev–Trinajstić information content (AvgIpc) is 3.12. The van der Waals surface area contributed by atoms with Crippen LogP contribution >= 0.6 is 35.3 Å². The predicted molar refractivity (Wildman–Crippen MR) is 84.6 cm³/mol. The monoisotopic (exact) mass is 322 g/mol. The molecule has 7 heteroatoms. The zero-order valence-electron chi connectivity index (χ0n) is 10.5. The normalized spacial score (nSPS) is 17.4. The maximum atomic E-state index is 11.9. The van der Waals surface area contributed by atoms with Crippen LogP contribution in [0.3, 0.4) is 0 Å². The summed E-state index contributed by atoms with van der Waals surface area (Å²) in [5.74, 6) is 0.654. The number of hydrogen-bond donors (Lipinski definition) is 0. The molecule has 0 radical (unpaired) electrons. The molecule has 0 aromatic carbocycles. The second-order valence-corrected chi connectivity index (χ2v) is 7.02. The predicted octanol–water partition coefficient (Wildman–Crippen LogP) is 3.16. The van der Waals surface area contributed by atoms with Crippen LogP contribution in [0.5, 0.6) is 0 Å². The molecule has 2 aromatic heterocycles. The van der Waals surface area contributed by atoms with Crippen molar-refractivity contribution in [2.45, 2.75) is 6.42 Å². The van der Waals surface area contributed by atoms with Crippen molar-refractivity contribution in [1.29, 1.82) is 0 Å². The number of oxazole rings is 1. The van der Waals surface area contributed by atoms with Gasteiger partial charge in [-0.1, -0.05) is 24.0 Å². The van der Waals surface area contributed by atoms with Crippen molar-refractivity contribution in [3.05, 3.63) is 45.1 Å². The van der Waals surface area contributed by atoms with E-state index in [0.717, 1.165) is 9.75 Å². The summed E-state index contributed by atoms with van der Waals surface area (Å²) in [5.41, 5.74) is 0. The highest BCUT2D eigenvalue weighted by Crippen LogP contribution is 2.32. The summed E-state index contributed by atoms with van der Waals surface area (Å²) in [7, 11) is 1.70. The number of thioether (sulfide) groups is 1. The van der Waals surface area contributed by atoms with Crippen LogP contribution in [-0.4, -0.2) is 27.2 Å². The molecule has 2 aromatic rings. The molecule has 0 N–H and O–H groups in total. The first-order valence-electron chi connectivity index (χ1n) is 5.82. The van der Waals surface area contributed by atoms with E-state index in [1.807, 2.05) is 18.2 Å². The highest BCUT2D eigenvalue weighted by Gasteiger charge is 2.28. The fourth-order valence-electron chi connectivity index (χ4n) is 1.73. The van der Waals surface area contributed by atoms with Gasteiger partial charge in [-0.2, -0.15) is 0 Å². The van der Waals surface area contributed by atoms with Gasteiger partial charge in [-0.15, -0.1) is 11.3 Å². The lowest BCUT2D eigenvalue weighted by molar-refractivity contribution is -0.121. The van der Waals surface area contributed by atoms with Gasteiger partial charge in [0.1, 0.15) is 10.6 Å². The molecule has 4 nitrogen and oxygen atoms in total. The summed E-state index contributed by atoms with van der Waals surface area (Å²) >= 11 is 8.06. The van der Waals surface area contributed by atoms with Crippen molar-refractivity contribution in [3.63, 3.8) is 0 Å². The number of rotatable bonds is 3. The molecule has 20 heavy (non-hydrogen) atoms. The Labute approximate surface area is 129 Å². The Hall–Kier alpha value is -1.44. The SMILES string of the molecule is CN1C(=O)/C(=C/c2ccc(Cc3ncco3)s2)SC1=S. The number of carbonyl (C=O) groups excluding carboxylic acids is 1. The number of thiophene rings is 1. The van der Waals surface area contributed by atoms with Crippen molar-refractivity contribution < 1.29 is 9.21 Å².